The fourth-order valence-corrected chi connectivity index (χ4v) is 3.56. The van der Waals surface area contributed by atoms with Gasteiger partial charge in [0.1, 0.15) is 4.90 Å². The summed E-state index contributed by atoms with van der Waals surface area (Å²) in [5.41, 5.74) is 0.239. The predicted molar refractivity (Wildman–Crippen MR) is 75.6 cm³/mol. The normalized spacial score (nSPS) is 11.8. The van der Waals surface area contributed by atoms with E-state index in [1.165, 1.54) is 12.1 Å². The van der Waals surface area contributed by atoms with E-state index in [9.17, 15) is 8.42 Å². The number of aliphatic hydroxyl groups is 1. The van der Waals surface area contributed by atoms with Crippen molar-refractivity contribution < 1.29 is 18.0 Å². The van der Waals surface area contributed by atoms with E-state index in [0.29, 0.717) is 5.82 Å². The molecule has 21 heavy (non-hydrogen) atoms. The van der Waals surface area contributed by atoms with Gasteiger partial charge in [-0.1, -0.05) is 28.4 Å². The molecule has 2 rings (SSSR count). The van der Waals surface area contributed by atoms with Crippen LogP contribution in [-0.2, 0) is 23.1 Å². The highest BCUT2D eigenvalue weighted by Crippen LogP contribution is 2.29. The molecule has 0 aliphatic heterocycles. The fraction of sp³-hybridized carbons (Fsp3) is 0.273. The third-order valence-electron chi connectivity index (χ3n) is 2.59. The van der Waals surface area contributed by atoms with Crippen LogP contribution < -0.4 is 4.72 Å². The Labute approximate surface area is 130 Å². The van der Waals surface area contributed by atoms with Crippen LogP contribution in [0.3, 0.4) is 0 Å². The molecule has 0 saturated carbocycles. The lowest BCUT2D eigenvalue weighted by Gasteiger charge is -2.10. The van der Waals surface area contributed by atoms with Gasteiger partial charge in [-0.25, -0.2) is 13.1 Å². The number of hydrogen-bond acceptors (Lipinski definition) is 6. The minimum atomic E-state index is -3.86. The lowest BCUT2D eigenvalue weighted by molar-refractivity contribution is 0.281. The monoisotopic (exact) mass is 351 g/mol. The minimum Gasteiger partial charge on any atom is -0.392 e. The molecule has 0 atom stereocenters. The molecule has 0 aliphatic carbocycles. The van der Waals surface area contributed by atoms with Gasteiger partial charge in [-0.3, -0.25) is 0 Å². The van der Waals surface area contributed by atoms with E-state index in [4.69, 9.17) is 28.3 Å². The van der Waals surface area contributed by atoms with Crippen LogP contribution in [-0.4, -0.2) is 30.2 Å². The number of aliphatic hydroxyl groups excluding tert-OH is 1. The first-order valence-corrected chi connectivity index (χ1v) is 8.01. The van der Waals surface area contributed by atoms with Crippen molar-refractivity contribution >= 4 is 33.2 Å². The highest BCUT2D eigenvalue weighted by atomic mass is 35.5. The minimum absolute atomic E-state index is 0.0611. The van der Waals surface area contributed by atoms with Crippen LogP contribution in [0.1, 0.15) is 11.4 Å². The maximum Gasteiger partial charge on any atom is 0.242 e. The average molecular weight is 352 g/mol. The molecule has 0 radical (unpaired) electrons. The van der Waals surface area contributed by atoms with E-state index in [0.717, 1.165) is 6.39 Å². The number of nitrogens with one attached hydrogen (secondary N) is 1. The van der Waals surface area contributed by atoms with Crippen molar-refractivity contribution in [3.05, 3.63) is 40.0 Å². The van der Waals surface area contributed by atoms with Crippen molar-refractivity contribution in [3.63, 3.8) is 0 Å². The van der Waals surface area contributed by atoms with E-state index in [-0.39, 0.29) is 33.5 Å². The Morgan fingerprint density at radius 2 is 2.10 bits per heavy atom. The number of nitrogens with zero attached hydrogens (tertiary/aromatic N) is 2. The van der Waals surface area contributed by atoms with Crippen LogP contribution in [0.25, 0.3) is 0 Å². The molecule has 0 amide bonds. The van der Waals surface area contributed by atoms with Gasteiger partial charge in [0.05, 0.1) is 11.6 Å². The van der Waals surface area contributed by atoms with Crippen LogP contribution in [0.4, 0.5) is 0 Å². The zero-order valence-corrected chi connectivity index (χ0v) is 12.9. The van der Waals surface area contributed by atoms with E-state index >= 15 is 0 Å². The number of benzene rings is 1. The van der Waals surface area contributed by atoms with Crippen LogP contribution in [0, 0.1) is 0 Å². The summed E-state index contributed by atoms with van der Waals surface area (Å²) in [6.45, 7) is -0.343. The van der Waals surface area contributed by atoms with Crippen LogP contribution in [0.2, 0.25) is 10.0 Å². The Balaban J connectivity index is 2.17. The summed E-state index contributed by atoms with van der Waals surface area (Å²) in [7, 11) is -3.86. The van der Waals surface area contributed by atoms with Crippen molar-refractivity contribution in [3.8, 4) is 0 Å². The Morgan fingerprint density at radius 1 is 1.33 bits per heavy atom. The van der Waals surface area contributed by atoms with Crippen molar-refractivity contribution in [2.24, 2.45) is 0 Å². The Kier molecular flexibility index (Phi) is 5.17. The maximum atomic E-state index is 12.2. The molecule has 0 unspecified atom stereocenters. The first-order valence-electron chi connectivity index (χ1n) is 5.77. The summed E-state index contributed by atoms with van der Waals surface area (Å²) in [6.07, 6.45) is 1.42. The SMILES string of the molecule is O=S(=O)(NCCc1ncon1)c1cc(Cl)cc(CO)c1Cl. The number of halogens is 2. The first kappa shape index (κ1) is 16.2. The summed E-state index contributed by atoms with van der Waals surface area (Å²) in [6, 6.07) is 2.63. The standard InChI is InChI=1S/C11H11Cl2N3O4S/c12-8-3-7(5-17)11(13)9(4-8)21(18,19)15-2-1-10-14-6-20-16-10/h3-4,6,15,17H,1-2,5H2. The average Bonchev–Trinajstić information content (AvgIpc) is 2.93. The number of hydrogen-bond donors (Lipinski definition) is 2. The molecule has 0 aliphatic rings. The van der Waals surface area contributed by atoms with Gasteiger partial charge in [-0.15, -0.1) is 0 Å². The van der Waals surface area contributed by atoms with E-state index in [1.807, 2.05) is 0 Å². The number of sulfonamides is 1. The molecule has 1 aromatic carbocycles. The van der Waals surface area contributed by atoms with E-state index < -0.39 is 16.6 Å². The van der Waals surface area contributed by atoms with Gasteiger partial charge in [0.15, 0.2) is 5.82 Å². The third kappa shape index (κ3) is 3.92. The summed E-state index contributed by atoms with van der Waals surface area (Å²) >= 11 is 11.8. The van der Waals surface area contributed by atoms with Crippen LogP contribution >= 0.6 is 23.2 Å². The quantitative estimate of drug-likeness (QED) is 0.814. The second-order valence-corrected chi connectivity index (χ2v) is 6.58. The molecule has 10 heteroatoms. The first-order chi connectivity index (χ1) is 9.94. The fourth-order valence-electron chi connectivity index (χ4n) is 1.61. The Morgan fingerprint density at radius 3 is 2.71 bits per heavy atom. The summed E-state index contributed by atoms with van der Waals surface area (Å²) in [5, 5.41) is 12.8. The van der Waals surface area contributed by atoms with Gasteiger partial charge in [0, 0.05) is 18.0 Å². The third-order valence-corrected chi connectivity index (χ3v) is 4.85. The van der Waals surface area contributed by atoms with E-state index in [2.05, 4.69) is 19.4 Å². The smallest absolute Gasteiger partial charge is 0.242 e. The van der Waals surface area contributed by atoms with Crippen molar-refractivity contribution in [1.29, 1.82) is 0 Å². The molecule has 2 aromatic rings. The zero-order valence-electron chi connectivity index (χ0n) is 10.6. The largest absolute Gasteiger partial charge is 0.392 e. The van der Waals surface area contributed by atoms with Crippen molar-refractivity contribution in [2.45, 2.75) is 17.9 Å². The lowest BCUT2D eigenvalue weighted by atomic mass is 10.2. The molecule has 0 spiro atoms. The highest BCUT2D eigenvalue weighted by Gasteiger charge is 2.20. The molecular formula is C11H11Cl2N3O4S. The molecule has 1 aromatic heterocycles. The van der Waals surface area contributed by atoms with Crippen molar-refractivity contribution in [2.75, 3.05) is 6.54 Å². The molecule has 0 fully saturated rings. The predicted octanol–water partition coefficient (Wildman–Crippen LogP) is 1.39. The summed E-state index contributed by atoms with van der Waals surface area (Å²) < 4.78 is 31.3. The molecule has 114 valence electrons. The Bertz CT molecular complexity index is 719. The molecule has 0 bridgehead atoms. The van der Waals surface area contributed by atoms with E-state index in [1.54, 1.807) is 0 Å². The van der Waals surface area contributed by atoms with Gasteiger partial charge in [-0.2, -0.15) is 4.98 Å². The number of rotatable bonds is 6. The second-order valence-electron chi connectivity index (χ2n) is 4.03. The van der Waals surface area contributed by atoms with Gasteiger partial charge in [0.2, 0.25) is 16.4 Å². The molecular weight excluding hydrogens is 341 g/mol. The molecule has 7 nitrogen and oxygen atoms in total. The summed E-state index contributed by atoms with van der Waals surface area (Å²) in [4.78, 5) is 3.59. The van der Waals surface area contributed by atoms with Gasteiger partial charge in [0.25, 0.3) is 0 Å². The molecule has 0 saturated heterocycles. The van der Waals surface area contributed by atoms with Crippen LogP contribution in [0.5, 0.6) is 0 Å². The Hall–Kier alpha value is -1.19. The lowest BCUT2D eigenvalue weighted by Crippen LogP contribution is -2.26. The molecule has 1 heterocycles. The summed E-state index contributed by atoms with van der Waals surface area (Å²) in [5.74, 6) is 0.380. The second kappa shape index (κ2) is 6.71. The van der Waals surface area contributed by atoms with Crippen LogP contribution in [0.15, 0.2) is 27.9 Å². The van der Waals surface area contributed by atoms with Gasteiger partial charge >= 0.3 is 0 Å². The zero-order chi connectivity index (χ0) is 15.5. The molecule has 2 N–H and O–H groups in total. The van der Waals surface area contributed by atoms with Gasteiger partial charge in [-0.05, 0) is 17.7 Å². The maximum absolute atomic E-state index is 12.2. The highest BCUT2D eigenvalue weighted by molar-refractivity contribution is 7.89. The number of aromatic nitrogens is 2. The van der Waals surface area contributed by atoms with Gasteiger partial charge < -0.3 is 9.63 Å². The van der Waals surface area contributed by atoms with Crippen molar-refractivity contribution in [1.82, 2.24) is 14.9 Å². The topological polar surface area (TPSA) is 105 Å².